The standard InChI is InChI=1S/C9H12.2ClH.Zn/c1-2-6-9-7-4-3-5-8-9;;;/h3-5,7-8H,2,6H2,1H3;2*1H;/q;;;+2/p-2. The molecule has 0 fully saturated rings. The van der Waals surface area contributed by atoms with Crippen molar-refractivity contribution in [3.63, 3.8) is 0 Å². The zero-order valence-electron chi connectivity index (χ0n) is 7.26. The second-order valence-electron chi connectivity index (χ2n) is 2.34. The van der Waals surface area contributed by atoms with Gasteiger partial charge < -0.3 is 0 Å². The minimum atomic E-state index is -0.931. The summed E-state index contributed by atoms with van der Waals surface area (Å²) < 4.78 is 0. The first-order chi connectivity index (χ1) is 5.85. The molecule has 1 rings (SSSR count). The van der Waals surface area contributed by atoms with Crippen molar-refractivity contribution in [2.45, 2.75) is 19.8 Å². The van der Waals surface area contributed by atoms with Crippen molar-refractivity contribution < 1.29 is 15.1 Å². The van der Waals surface area contributed by atoms with E-state index in [0.29, 0.717) is 0 Å². The van der Waals surface area contributed by atoms with Crippen LogP contribution < -0.4 is 0 Å². The predicted molar refractivity (Wildman–Crippen MR) is 52.1 cm³/mol. The zero-order chi connectivity index (χ0) is 9.23. The topological polar surface area (TPSA) is 0 Å². The van der Waals surface area contributed by atoms with Crippen LogP contribution >= 0.6 is 19.4 Å². The molecule has 0 aliphatic carbocycles. The molecule has 1 aromatic carbocycles. The van der Waals surface area contributed by atoms with Crippen LogP contribution in [0.1, 0.15) is 18.9 Å². The molecule has 0 atom stereocenters. The van der Waals surface area contributed by atoms with Gasteiger partial charge in [-0.25, -0.2) is 0 Å². The number of hydrogen-bond acceptors (Lipinski definition) is 0. The fourth-order valence-corrected chi connectivity index (χ4v) is 0.933. The van der Waals surface area contributed by atoms with Gasteiger partial charge in [0, 0.05) is 0 Å². The number of benzene rings is 1. The molecule has 0 heterocycles. The summed E-state index contributed by atoms with van der Waals surface area (Å²) in [7, 11) is 9.90. The third-order valence-corrected chi connectivity index (χ3v) is 1.38. The Balaban J connectivity index is 0.000000354. The van der Waals surface area contributed by atoms with Crippen molar-refractivity contribution in [3.8, 4) is 0 Å². The summed E-state index contributed by atoms with van der Waals surface area (Å²) in [5, 5.41) is 0. The van der Waals surface area contributed by atoms with E-state index in [9.17, 15) is 0 Å². The quantitative estimate of drug-likeness (QED) is 0.701. The van der Waals surface area contributed by atoms with Crippen LogP contribution in [-0.4, -0.2) is 0 Å². The third kappa shape index (κ3) is 7.09. The SMILES string of the molecule is CCCc1ccccc1.[Cl][Zn][Cl]. The molecule has 3 heteroatoms. The summed E-state index contributed by atoms with van der Waals surface area (Å²) in [5.41, 5.74) is 1.44. The summed E-state index contributed by atoms with van der Waals surface area (Å²) in [6.07, 6.45) is 2.45. The zero-order valence-corrected chi connectivity index (χ0v) is 11.7. The monoisotopic (exact) mass is 254 g/mol. The summed E-state index contributed by atoms with van der Waals surface area (Å²) in [5.74, 6) is 0. The van der Waals surface area contributed by atoms with E-state index < -0.39 is 15.1 Å². The van der Waals surface area contributed by atoms with Crippen LogP contribution in [0.4, 0.5) is 0 Å². The van der Waals surface area contributed by atoms with E-state index in [1.165, 1.54) is 18.4 Å². The molecule has 0 bridgehead atoms. The summed E-state index contributed by atoms with van der Waals surface area (Å²) >= 11 is -0.931. The van der Waals surface area contributed by atoms with Crippen molar-refractivity contribution in [2.75, 3.05) is 0 Å². The van der Waals surface area contributed by atoms with Crippen LogP contribution in [0.2, 0.25) is 0 Å². The molecule has 64 valence electrons. The Bertz CT molecular complexity index is 177. The van der Waals surface area contributed by atoms with Gasteiger partial charge in [-0.1, -0.05) is 43.7 Å². The Morgan fingerprint density at radius 1 is 1.17 bits per heavy atom. The second kappa shape index (κ2) is 9.51. The van der Waals surface area contributed by atoms with E-state index in [1.807, 2.05) is 0 Å². The molecule has 0 saturated carbocycles. The van der Waals surface area contributed by atoms with Crippen LogP contribution in [0, 0.1) is 0 Å². The van der Waals surface area contributed by atoms with Crippen molar-refractivity contribution >= 4 is 19.4 Å². The van der Waals surface area contributed by atoms with Gasteiger partial charge in [0.25, 0.3) is 0 Å². The Labute approximate surface area is 90.0 Å². The molecule has 0 aromatic heterocycles. The van der Waals surface area contributed by atoms with Crippen molar-refractivity contribution in [1.29, 1.82) is 0 Å². The number of rotatable bonds is 2. The number of halogens is 2. The van der Waals surface area contributed by atoms with Gasteiger partial charge in [0.05, 0.1) is 0 Å². The van der Waals surface area contributed by atoms with Crippen LogP contribution in [0.15, 0.2) is 30.3 Å². The van der Waals surface area contributed by atoms with E-state index in [2.05, 4.69) is 37.3 Å². The van der Waals surface area contributed by atoms with Gasteiger partial charge in [-0.2, -0.15) is 0 Å². The summed E-state index contributed by atoms with van der Waals surface area (Å²) in [4.78, 5) is 0. The fraction of sp³-hybridized carbons (Fsp3) is 0.333. The number of hydrogen-bond donors (Lipinski definition) is 0. The molecule has 0 N–H and O–H groups in total. The molecule has 0 aliphatic heterocycles. The predicted octanol–water partition coefficient (Wildman–Crippen LogP) is 4.02. The van der Waals surface area contributed by atoms with E-state index in [0.717, 1.165) is 0 Å². The molecule has 0 unspecified atom stereocenters. The maximum atomic E-state index is 4.95. The van der Waals surface area contributed by atoms with Crippen LogP contribution in [0.25, 0.3) is 0 Å². The molecular weight excluding hydrogens is 244 g/mol. The first-order valence-electron chi connectivity index (χ1n) is 4.01. The van der Waals surface area contributed by atoms with E-state index >= 15 is 0 Å². The van der Waals surface area contributed by atoms with Gasteiger partial charge in [-0.3, -0.25) is 0 Å². The van der Waals surface area contributed by atoms with Crippen LogP contribution in [0.3, 0.4) is 0 Å². The fourth-order valence-electron chi connectivity index (χ4n) is 0.933. The molecule has 0 radical (unpaired) electrons. The van der Waals surface area contributed by atoms with Gasteiger partial charge >= 0.3 is 34.5 Å². The van der Waals surface area contributed by atoms with Crippen molar-refractivity contribution in [3.05, 3.63) is 35.9 Å². The van der Waals surface area contributed by atoms with Gasteiger partial charge in [-0.15, -0.1) is 0 Å². The van der Waals surface area contributed by atoms with Gasteiger partial charge in [0.15, 0.2) is 0 Å². The van der Waals surface area contributed by atoms with Crippen LogP contribution in [-0.2, 0) is 21.6 Å². The van der Waals surface area contributed by atoms with Gasteiger partial charge in [0.1, 0.15) is 0 Å². The Morgan fingerprint density at radius 3 is 2.08 bits per heavy atom. The Morgan fingerprint density at radius 2 is 1.67 bits per heavy atom. The van der Waals surface area contributed by atoms with Crippen molar-refractivity contribution in [2.24, 2.45) is 0 Å². The molecule has 0 amide bonds. The Kier molecular flexibility index (Phi) is 9.85. The van der Waals surface area contributed by atoms with E-state index in [1.54, 1.807) is 0 Å². The third-order valence-electron chi connectivity index (χ3n) is 1.38. The van der Waals surface area contributed by atoms with Crippen molar-refractivity contribution in [1.82, 2.24) is 0 Å². The summed E-state index contributed by atoms with van der Waals surface area (Å²) in [6.45, 7) is 2.20. The molecule has 12 heavy (non-hydrogen) atoms. The summed E-state index contributed by atoms with van der Waals surface area (Å²) in [6, 6.07) is 10.6. The molecule has 0 aliphatic rings. The van der Waals surface area contributed by atoms with Gasteiger partial charge in [0.2, 0.25) is 0 Å². The number of aryl methyl sites for hydroxylation is 1. The maximum absolute atomic E-state index is 4.95. The average molecular weight is 256 g/mol. The van der Waals surface area contributed by atoms with Crippen LogP contribution in [0.5, 0.6) is 0 Å². The molecule has 1 aromatic rings. The molecule has 0 spiro atoms. The van der Waals surface area contributed by atoms with Gasteiger partial charge in [-0.05, 0) is 12.0 Å². The average Bonchev–Trinajstić information content (AvgIpc) is 2.08. The first kappa shape index (κ1) is 12.4. The minimum absolute atomic E-state index is 0.931. The molecular formula is C9H12Cl2Zn. The molecule has 0 saturated heterocycles. The van der Waals surface area contributed by atoms with E-state index in [4.69, 9.17) is 19.4 Å². The first-order valence-corrected chi connectivity index (χ1v) is 11.8. The Hall–Kier alpha value is 0.423. The normalized spacial score (nSPS) is 7.92. The van der Waals surface area contributed by atoms with E-state index in [-0.39, 0.29) is 0 Å². The second-order valence-corrected chi connectivity index (χ2v) is 6.96. The molecule has 0 nitrogen and oxygen atoms in total.